The van der Waals surface area contributed by atoms with Crippen molar-refractivity contribution in [3.05, 3.63) is 28.8 Å². The third-order valence-corrected chi connectivity index (χ3v) is 3.09. The van der Waals surface area contributed by atoms with E-state index < -0.39 is 0 Å². The van der Waals surface area contributed by atoms with E-state index in [9.17, 15) is 9.59 Å². The van der Waals surface area contributed by atoms with Gasteiger partial charge in [-0.3, -0.25) is 9.59 Å². The number of aryl methyl sites for hydroxylation is 1. The molecule has 0 bridgehead atoms. The maximum Gasteiger partial charge on any atom is 0.223 e. The van der Waals surface area contributed by atoms with Crippen molar-refractivity contribution in [3.8, 4) is 0 Å². The molecule has 0 spiro atoms. The average molecular weight is 297 g/mol. The van der Waals surface area contributed by atoms with Crippen LogP contribution in [0.3, 0.4) is 0 Å². The molecule has 0 unspecified atom stereocenters. The first-order valence-corrected chi connectivity index (χ1v) is 7.02. The van der Waals surface area contributed by atoms with Crippen molar-refractivity contribution in [2.24, 2.45) is 0 Å². The predicted molar refractivity (Wildman–Crippen MR) is 82.1 cm³/mol. The first-order valence-electron chi connectivity index (χ1n) is 6.65. The Morgan fingerprint density at radius 3 is 2.55 bits per heavy atom. The molecule has 110 valence electrons. The predicted octanol–water partition coefficient (Wildman–Crippen LogP) is 2.92. The molecule has 1 rings (SSSR count). The van der Waals surface area contributed by atoms with Crippen molar-refractivity contribution in [1.29, 1.82) is 0 Å². The molecule has 0 atom stereocenters. The van der Waals surface area contributed by atoms with Crippen LogP contribution in [0.1, 0.15) is 32.8 Å². The van der Waals surface area contributed by atoms with E-state index in [2.05, 4.69) is 5.32 Å². The van der Waals surface area contributed by atoms with Crippen molar-refractivity contribution in [3.63, 3.8) is 0 Å². The number of benzene rings is 1. The summed E-state index contributed by atoms with van der Waals surface area (Å²) in [5, 5.41) is 3.38. The summed E-state index contributed by atoms with van der Waals surface area (Å²) in [5.74, 6) is -0.168. The van der Waals surface area contributed by atoms with Gasteiger partial charge in [-0.2, -0.15) is 0 Å². The van der Waals surface area contributed by atoms with Gasteiger partial charge < -0.3 is 10.2 Å². The first-order chi connectivity index (χ1) is 9.31. The van der Waals surface area contributed by atoms with Gasteiger partial charge in [0.2, 0.25) is 11.8 Å². The summed E-state index contributed by atoms with van der Waals surface area (Å²) in [5.41, 5.74) is 1.70. The van der Waals surface area contributed by atoms with Crippen molar-refractivity contribution >= 4 is 29.1 Å². The normalized spacial score (nSPS) is 10.5. The van der Waals surface area contributed by atoms with Gasteiger partial charge in [-0.05, 0) is 38.5 Å². The Hall–Kier alpha value is -1.55. The molecule has 0 saturated heterocycles. The molecule has 0 aliphatic heterocycles. The third-order valence-electron chi connectivity index (χ3n) is 2.85. The van der Waals surface area contributed by atoms with Gasteiger partial charge in [0.1, 0.15) is 0 Å². The largest absolute Gasteiger partial charge is 0.354 e. The Kier molecular flexibility index (Phi) is 6.02. The summed E-state index contributed by atoms with van der Waals surface area (Å²) in [6, 6.07) is 5.49. The van der Waals surface area contributed by atoms with Crippen LogP contribution in [0.4, 0.5) is 5.69 Å². The van der Waals surface area contributed by atoms with Crippen molar-refractivity contribution in [2.75, 3.05) is 11.4 Å². The molecule has 0 saturated carbocycles. The fourth-order valence-electron chi connectivity index (χ4n) is 1.93. The second kappa shape index (κ2) is 7.29. The van der Waals surface area contributed by atoms with Crippen LogP contribution in [0.5, 0.6) is 0 Å². The van der Waals surface area contributed by atoms with Gasteiger partial charge in [-0.15, -0.1) is 0 Å². The second-order valence-corrected chi connectivity index (χ2v) is 5.51. The Balaban J connectivity index is 2.82. The van der Waals surface area contributed by atoms with Gasteiger partial charge in [0.25, 0.3) is 0 Å². The number of nitrogens with one attached hydrogen (secondary N) is 1. The number of rotatable bonds is 5. The van der Waals surface area contributed by atoms with Gasteiger partial charge >= 0.3 is 0 Å². The topological polar surface area (TPSA) is 49.4 Å². The quantitative estimate of drug-likeness (QED) is 0.908. The molecule has 1 N–H and O–H groups in total. The minimum absolute atomic E-state index is 0.0640. The maximum atomic E-state index is 11.8. The van der Waals surface area contributed by atoms with Crippen LogP contribution in [0.2, 0.25) is 5.02 Å². The Morgan fingerprint density at radius 1 is 1.35 bits per heavy atom. The highest BCUT2D eigenvalue weighted by Crippen LogP contribution is 2.24. The lowest BCUT2D eigenvalue weighted by Crippen LogP contribution is -2.36. The molecule has 1 aromatic carbocycles. The molecule has 0 aliphatic rings. The lowest BCUT2D eigenvalue weighted by atomic mass is 10.1. The van der Waals surface area contributed by atoms with Crippen molar-refractivity contribution in [2.45, 2.75) is 40.2 Å². The SMILES string of the molecule is CC(=O)N(CCC(=O)NC(C)C)c1cc(Cl)ccc1C. The second-order valence-electron chi connectivity index (χ2n) is 5.07. The molecule has 0 heterocycles. The highest BCUT2D eigenvalue weighted by Gasteiger charge is 2.16. The molecule has 5 heteroatoms. The molecule has 4 nitrogen and oxygen atoms in total. The zero-order chi connectivity index (χ0) is 15.3. The first kappa shape index (κ1) is 16.5. The van der Waals surface area contributed by atoms with E-state index in [1.165, 1.54) is 6.92 Å². The molecule has 20 heavy (non-hydrogen) atoms. The highest BCUT2D eigenvalue weighted by molar-refractivity contribution is 6.31. The molecule has 1 aromatic rings. The summed E-state index contributed by atoms with van der Waals surface area (Å²) in [6.07, 6.45) is 0.268. The molecule has 0 radical (unpaired) electrons. The number of nitrogens with zero attached hydrogens (tertiary/aromatic N) is 1. The molecular formula is C15H21ClN2O2. The number of hydrogen-bond acceptors (Lipinski definition) is 2. The summed E-state index contributed by atoms with van der Waals surface area (Å²) in [6.45, 7) is 7.55. The van der Waals surface area contributed by atoms with Crippen LogP contribution in [0.15, 0.2) is 18.2 Å². The summed E-state index contributed by atoms with van der Waals surface area (Å²) in [7, 11) is 0. The number of amides is 2. The molecule has 0 aromatic heterocycles. The maximum absolute atomic E-state index is 11.8. The lowest BCUT2D eigenvalue weighted by Gasteiger charge is -2.23. The molecular weight excluding hydrogens is 276 g/mol. The Morgan fingerprint density at radius 2 is 2.00 bits per heavy atom. The van der Waals surface area contributed by atoms with Crippen LogP contribution in [0, 0.1) is 6.92 Å². The van der Waals surface area contributed by atoms with E-state index in [4.69, 9.17) is 11.6 Å². The number of halogens is 1. The van der Waals surface area contributed by atoms with E-state index in [0.717, 1.165) is 11.3 Å². The van der Waals surface area contributed by atoms with Gasteiger partial charge in [-0.1, -0.05) is 17.7 Å². The van der Waals surface area contributed by atoms with E-state index in [-0.39, 0.29) is 24.3 Å². The smallest absolute Gasteiger partial charge is 0.223 e. The van der Waals surface area contributed by atoms with E-state index in [0.29, 0.717) is 11.6 Å². The van der Waals surface area contributed by atoms with Gasteiger partial charge in [0.05, 0.1) is 0 Å². The van der Waals surface area contributed by atoms with Crippen molar-refractivity contribution < 1.29 is 9.59 Å². The van der Waals surface area contributed by atoms with Crippen LogP contribution in [0.25, 0.3) is 0 Å². The van der Waals surface area contributed by atoms with E-state index in [1.807, 2.05) is 26.8 Å². The lowest BCUT2D eigenvalue weighted by molar-refractivity contribution is -0.121. The van der Waals surface area contributed by atoms with Crippen LogP contribution in [-0.2, 0) is 9.59 Å². The van der Waals surface area contributed by atoms with E-state index >= 15 is 0 Å². The fraction of sp³-hybridized carbons (Fsp3) is 0.467. The van der Waals surface area contributed by atoms with Crippen molar-refractivity contribution in [1.82, 2.24) is 5.32 Å². The standard InChI is InChI=1S/C15H21ClN2O2/c1-10(2)17-15(20)7-8-18(12(4)19)14-9-13(16)6-5-11(14)3/h5-6,9-10H,7-8H2,1-4H3,(H,17,20). The summed E-state index contributed by atoms with van der Waals surface area (Å²) in [4.78, 5) is 25.1. The third kappa shape index (κ3) is 4.85. The van der Waals surface area contributed by atoms with Gasteiger partial charge in [0.15, 0.2) is 0 Å². The minimum atomic E-state index is -0.104. The zero-order valence-corrected chi connectivity index (χ0v) is 13.1. The molecule has 2 amide bonds. The Labute approximate surface area is 125 Å². The number of carbonyl (C=O) groups excluding carboxylic acids is 2. The van der Waals surface area contributed by atoms with Crippen LogP contribution < -0.4 is 10.2 Å². The average Bonchev–Trinajstić information content (AvgIpc) is 2.32. The summed E-state index contributed by atoms with van der Waals surface area (Å²) >= 11 is 5.98. The van der Waals surface area contributed by atoms with Crippen LogP contribution >= 0.6 is 11.6 Å². The van der Waals surface area contributed by atoms with Crippen LogP contribution in [-0.4, -0.2) is 24.4 Å². The minimum Gasteiger partial charge on any atom is -0.354 e. The number of hydrogen-bond donors (Lipinski definition) is 1. The highest BCUT2D eigenvalue weighted by atomic mass is 35.5. The van der Waals surface area contributed by atoms with Gasteiger partial charge in [-0.25, -0.2) is 0 Å². The monoisotopic (exact) mass is 296 g/mol. The molecule has 0 fully saturated rings. The van der Waals surface area contributed by atoms with E-state index in [1.54, 1.807) is 17.0 Å². The van der Waals surface area contributed by atoms with Gasteiger partial charge in [0, 0.05) is 36.6 Å². The molecule has 0 aliphatic carbocycles. The fourth-order valence-corrected chi connectivity index (χ4v) is 2.09. The number of anilines is 1. The zero-order valence-electron chi connectivity index (χ0n) is 12.4. The number of carbonyl (C=O) groups is 2. The summed E-state index contributed by atoms with van der Waals surface area (Å²) < 4.78 is 0. The Bertz CT molecular complexity index is 501.